The second-order valence-corrected chi connectivity index (χ2v) is 8.92. The SMILES string of the molecule is O=S1(=O)CC[C@H](c2nn3c(-c4ccc(Cl)cc4)nnc3s2)C1. The van der Waals surface area contributed by atoms with E-state index in [1.165, 1.54) is 11.3 Å². The third kappa shape index (κ3) is 2.41. The first-order valence-electron chi connectivity index (χ1n) is 6.70. The van der Waals surface area contributed by atoms with Gasteiger partial charge in [0.25, 0.3) is 0 Å². The Bertz CT molecular complexity index is 946. The predicted octanol–water partition coefficient (Wildman–Crippen LogP) is 2.41. The Morgan fingerprint density at radius 2 is 2.00 bits per heavy atom. The summed E-state index contributed by atoms with van der Waals surface area (Å²) in [5.41, 5.74) is 0.868. The zero-order valence-corrected chi connectivity index (χ0v) is 13.7. The van der Waals surface area contributed by atoms with Crippen LogP contribution in [-0.2, 0) is 9.84 Å². The fourth-order valence-corrected chi connectivity index (χ4v) is 5.52. The first-order valence-corrected chi connectivity index (χ1v) is 9.72. The van der Waals surface area contributed by atoms with E-state index in [1.807, 2.05) is 12.1 Å². The summed E-state index contributed by atoms with van der Waals surface area (Å²) in [6, 6.07) is 7.29. The van der Waals surface area contributed by atoms with Gasteiger partial charge in [0.2, 0.25) is 4.96 Å². The van der Waals surface area contributed by atoms with Gasteiger partial charge >= 0.3 is 0 Å². The normalized spacial score (nSPS) is 20.7. The lowest BCUT2D eigenvalue weighted by atomic mass is 10.1. The van der Waals surface area contributed by atoms with Crippen LogP contribution in [0.15, 0.2) is 24.3 Å². The van der Waals surface area contributed by atoms with Crippen molar-refractivity contribution < 1.29 is 8.42 Å². The molecule has 4 rings (SSSR count). The Morgan fingerprint density at radius 1 is 1.23 bits per heavy atom. The molecule has 1 aliphatic rings. The molecule has 3 heterocycles. The molecule has 0 saturated carbocycles. The minimum absolute atomic E-state index is 0.0326. The van der Waals surface area contributed by atoms with E-state index in [9.17, 15) is 8.42 Å². The third-order valence-electron chi connectivity index (χ3n) is 3.69. The number of hydrogen-bond donors (Lipinski definition) is 0. The summed E-state index contributed by atoms with van der Waals surface area (Å²) in [5, 5.41) is 14.3. The van der Waals surface area contributed by atoms with Gasteiger partial charge < -0.3 is 0 Å². The van der Waals surface area contributed by atoms with E-state index in [0.29, 0.717) is 22.2 Å². The molecular weight excluding hydrogens is 344 g/mol. The molecular formula is C13H11ClN4O2S2. The van der Waals surface area contributed by atoms with E-state index in [1.54, 1.807) is 16.6 Å². The Labute approximate surface area is 135 Å². The zero-order valence-electron chi connectivity index (χ0n) is 11.3. The van der Waals surface area contributed by atoms with Crippen LogP contribution in [0.2, 0.25) is 5.02 Å². The average Bonchev–Trinajstić information content (AvgIpc) is 3.13. The zero-order chi connectivity index (χ0) is 15.3. The molecule has 0 amide bonds. The van der Waals surface area contributed by atoms with Crippen LogP contribution >= 0.6 is 22.9 Å². The van der Waals surface area contributed by atoms with Crippen LogP contribution in [0.5, 0.6) is 0 Å². The van der Waals surface area contributed by atoms with Crippen molar-refractivity contribution in [3.8, 4) is 11.4 Å². The molecule has 0 spiro atoms. The summed E-state index contributed by atoms with van der Waals surface area (Å²) in [5.74, 6) is 1.01. The molecule has 22 heavy (non-hydrogen) atoms. The van der Waals surface area contributed by atoms with Gasteiger partial charge in [-0.25, -0.2) is 8.42 Å². The molecule has 0 bridgehead atoms. The van der Waals surface area contributed by atoms with Crippen molar-refractivity contribution in [2.75, 3.05) is 11.5 Å². The Kier molecular flexibility index (Phi) is 3.21. The standard InChI is InChI=1S/C13H11ClN4O2S2/c14-10-3-1-8(2-4-10)11-15-16-13-18(11)17-12(21-13)9-5-6-22(19,20)7-9/h1-4,9H,5-7H2/t9-/m0/s1. The first-order chi connectivity index (χ1) is 10.5. The minimum Gasteiger partial charge on any atom is -0.229 e. The van der Waals surface area contributed by atoms with Gasteiger partial charge in [0.1, 0.15) is 5.01 Å². The lowest BCUT2D eigenvalue weighted by Crippen LogP contribution is -2.04. The average molecular weight is 355 g/mol. The quantitative estimate of drug-likeness (QED) is 0.706. The number of hydrogen-bond acceptors (Lipinski definition) is 6. The van der Waals surface area contributed by atoms with Gasteiger partial charge in [0.15, 0.2) is 15.7 Å². The number of rotatable bonds is 2. The van der Waals surface area contributed by atoms with Crippen molar-refractivity contribution in [3.63, 3.8) is 0 Å². The van der Waals surface area contributed by atoms with E-state index in [0.717, 1.165) is 10.6 Å². The third-order valence-corrected chi connectivity index (χ3v) is 6.77. The molecule has 1 fully saturated rings. The van der Waals surface area contributed by atoms with Gasteiger partial charge in [-0.15, -0.1) is 10.2 Å². The Hall–Kier alpha value is -1.51. The molecule has 0 radical (unpaired) electrons. The number of nitrogens with zero attached hydrogens (tertiary/aromatic N) is 4. The van der Waals surface area contributed by atoms with Crippen LogP contribution < -0.4 is 0 Å². The molecule has 0 aliphatic carbocycles. The highest BCUT2D eigenvalue weighted by atomic mass is 35.5. The van der Waals surface area contributed by atoms with Crippen LogP contribution in [0.25, 0.3) is 16.3 Å². The summed E-state index contributed by atoms with van der Waals surface area (Å²) in [4.78, 5) is 0.671. The number of sulfone groups is 1. The van der Waals surface area contributed by atoms with Gasteiger partial charge in [-0.05, 0) is 30.7 Å². The summed E-state index contributed by atoms with van der Waals surface area (Å²) >= 11 is 7.30. The van der Waals surface area contributed by atoms with Crippen LogP contribution in [0.1, 0.15) is 17.3 Å². The molecule has 6 nitrogen and oxygen atoms in total. The lowest BCUT2D eigenvalue weighted by molar-refractivity contribution is 0.601. The monoisotopic (exact) mass is 354 g/mol. The van der Waals surface area contributed by atoms with Crippen LogP contribution in [0, 0.1) is 0 Å². The number of aromatic nitrogens is 4. The number of halogens is 1. The summed E-state index contributed by atoms with van der Waals surface area (Å²) in [6.07, 6.45) is 0.628. The van der Waals surface area contributed by atoms with Crippen molar-refractivity contribution in [3.05, 3.63) is 34.3 Å². The smallest absolute Gasteiger partial charge is 0.229 e. The maximum Gasteiger partial charge on any atom is 0.234 e. The topological polar surface area (TPSA) is 77.2 Å². The van der Waals surface area contributed by atoms with E-state index in [-0.39, 0.29) is 17.4 Å². The highest BCUT2D eigenvalue weighted by Gasteiger charge is 2.32. The summed E-state index contributed by atoms with van der Waals surface area (Å²) < 4.78 is 24.9. The molecule has 0 N–H and O–H groups in total. The maximum absolute atomic E-state index is 11.6. The molecule has 1 aliphatic heterocycles. The predicted molar refractivity (Wildman–Crippen MR) is 85.1 cm³/mol. The largest absolute Gasteiger partial charge is 0.234 e. The highest BCUT2D eigenvalue weighted by Crippen LogP contribution is 2.32. The van der Waals surface area contributed by atoms with Gasteiger partial charge in [-0.3, -0.25) is 0 Å². The van der Waals surface area contributed by atoms with Crippen LogP contribution in [0.4, 0.5) is 0 Å². The number of fused-ring (bicyclic) bond motifs is 1. The number of benzene rings is 1. The van der Waals surface area contributed by atoms with Gasteiger partial charge in [0.05, 0.1) is 11.5 Å². The second-order valence-electron chi connectivity index (χ2n) is 5.27. The molecule has 1 saturated heterocycles. The van der Waals surface area contributed by atoms with Crippen molar-refractivity contribution in [1.29, 1.82) is 0 Å². The molecule has 114 valence electrons. The van der Waals surface area contributed by atoms with Crippen LogP contribution in [-0.4, -0.2) is 39.7 Å². The van der Waals surface area contributed by atoms with Crippen molar-refractivity contribution in [1.82, 2.24) is 19.8 Å². The van der Waals surface area contributed by atoms with Gasteiger partial charge in [-0.1, -0.05) is 22.9 Å². The van der Waals surface area contributed by atoms with Gasteiger partial charge in [-0.2, -0.15) is 9.61 Å². The first kappa shape index (κ1) is 14.1. The molecule has 1 aromatic carbocycles. The van der Waals surface area contributed by atoms with E-state index < -0.39 is 9.84 Å². The Balaban J connectivity index is 1.75. The van der Waals surface area contributed by atoms with Crippen molar-refractivity contribution in [2.45, 2.75) is 12.3 Å². The molecule has 3 aromatic rings. The fraction of sp³-hybridized carbons (Fsp3) is 0.308. The van der Waals surface area contributed by atoms with Crippen molar-refractivity contribution >= 4 is 37.7 Å². The Morgan fingerprint density at radius 3 is 2.68 bits per heavy atom. The summed E-state index contributed by atoms with van der Waals surface area (Å²) in [7, 11) is -2.92. The highest BCUT2D eigenvalue weighted by molar-refractivity contribution is 7.91. The van der Waals surface area contributed by atoms with Gasteiger partial charge in [0, 0.05) is 16.5 Å². The molecule has 9 heteroatoms. The second kappa shape index (κ2) is 5.00. The van der Waals surface area contributed by atoms with Crippen molar-refractivity contribution in [2.24, 2.45) is 0 Å². The van der Waals surface area contributed by atoms with E-state index in [2.05, 4.69) is 15.3 Å². The molecule has 2 aromatic heterocycles. The fourth-order valence-electron chi connectivity index (χ4n) is 2.57. The molecule has 1 atom stereocenters. The maximum atomic E-state index is 11.6. The lowest BCUT2D eigenvalue weighted by Gasteiger charge is -2.01. The van der Waals surface area contributed by atoms with E-state index in [4.69, 9.17) is 11.6 Å². The minimum atomic E-state index is -2.92. The summed E-state index contributed by atoms with van der Waals surface area (Å²) in [6.45, 7) is 0. The van der Waals surface area contributed by atoms with Crippen LogP contribution in [0.3, 0.4) is 0 Å². The van der Waals surface area contributed by atoms with E-state index >= 15 is 0 Å². The molecule has 0 unspecified atom stereocenters.